The number of benzene rings is 3. The highest BCUT2D eigenvalue weighted by molar-refractivity contribution is 5.96. The Hall–Kier alpha value is -5.56. The third kappa shape index (κ3) is 10.8. The Morgan fingerprint density at radius 2 is 1.53 bits per heavy atom. The number of rotatable bonds is 13. The van der Waals surface area contributed by atoms with Gasteiger partial charge in [0.25, 0.3) is 0 Å². The zero-order chi connectivity index (χ0) is 40.4. The monoisotopic (exact) mass is 756 g/mol. The van der Waals surface area contributed by atoms with Crippen LogP contribution in [0.2, 0.25) is 0 Å². The van der Waals surface area contributed by atoms with Crippen molar-refractivity contribution in [1.29, 1.82) is 0 Å². The number of hydrogen-bond donors (Lipinski definition) is 5. The van der Waals surface area contributed by atoms with Crippen LogP contribution in [0.4, 0.5) is 0 Å². The first-order valence-corrected chi connectivity index (χ1v) is 18.6. The summed E-state index contributed by atoms with van der Waals surface area (Å²) in [6.45, 7) is 4.43. The van der Waals surface area contributed by atoms with Gasteiger partial charge >= 0.3 is 0 Å². The maximum atomic E-state index is 14.1. The molecule has 0 radical (unpaired) electrons. The van der Waals surface area contributed by atoms with E-state index < -0.39 is 54.0 Å². The molecule has 0 saturated carbocycles. The van der Waals surface area contributed by atoms with E-state index in [1.807, 2.05) is 37.3 Å². The number of ketones is 2. The molecule has 0 aromatic heterocycles. The average Bonchev–Trinajstić information content (AvgIpc) is 3.16. The zero-order valence-corrected chi connectivity index (χ0v) is 32.1. The van der Waals surface area contributed by atoms with Gasteiger partial charge in [0, 0.05) is 62.9 Å². The van der Waals surface area contributed by atoms with Gasteiger partial charge in [0.05, 0.1) is 12.6 Å². The van der Waals surface area contributed by atoms with Crippen LogP contribution in [-0.4, -0.2) is 99.1 Å². The Labute approximate surface area is 321 Å². The topological polar surface area (TPSA) is 194 Å². The third-order valence-corrected chi connectivity index (χ3v) is 10.2. The number of hydrogen-bond acceptors (Lipinski definition) is 9. The van der Waals surface area contributed by atoms with Crippen LogP contribution in [0, 0.1) is 5.92 Å². The highest BCUT2D eigenvalue weighted by Gasteiger charge is 2.34. The molecular formula is C42H52N4O9. The lowest BCUT2D eigenvalue weighted by Gasteiger charge is -2.30. The second-order valence-corrected chi connectivity index (χ2v) is 14.3. The molecule has 5 N–H and O–H groups in total. The van der Waals surface area contributed by atoms with Gasteiger partial charge in [0.15, 0.2) is 11.6 Å². The number of aromatic hydroxyl groups is 2. The lowest BCUT2D eigenvalue weighted by Crippen LogP contribution is -2.53. The van der Waals surface area contributed by atoms with Crippen LogP contribution in [0.3, 0.4) is 0 Å². The van der Waals surface area contributed by atoms with Crippen molar-refractivity contribution in [3.63, 3.8) is 0 Å². The van der Waals surface area contributed by atoms with Gasteiger partial charge < -0.3 is 35.8 Å². The van der Waals surface area contributed by atoms with Crippen molar-refractivity contribution in [1.82, 2.24) is 20.4 Å². The molecule has 4 rings (SSSR count). The SMILES string of the molecule is CCC(=O)N(C)[C@H](CO)C(=O)N[C@H](CCc1ccccc1)C(=O)CCC(=O)N(C)[C@@H]1C(=O)C[C@@H](C)C(=O)N[C@H](C)Cc2ccc(O)c(c2)-c2cc1ccc2O. The van der Waals surface area contributed by atoms with Crippen molar-refractivity contribution < 1.29 is 44.1 Å². The molecule has 1 aliphatic rings. The summed E-state index contributed by atoms with van der Waals surface area (Å²) in [6.07, 6.45) is 0.329. The molecule has 0 unspecified atom stereocenters. The summed E-state index contributed by atoms with van der Waals surface area (Å²) in [4.78, 5) is 82.8. The predicted octanol–water partition coefficient (Wildman–Crippen LogP) is 3.62. The Kier molecular flexibility index (Phi) is 14.7. The van der Waals surface area contributed by atoms with E-state index in [0.717, 1.165) is 16.0 Å². The lowest BCUT2D eigenvalue weighted by molar-refractivity contribution is -0.141. The number of phenolic OH excluding ortho intramolecular Hbond substituents is 2. The van der Waals surface area contributed by atoms with Gasteiger partial charge in [-0.1, -0.05) is 56.3 Å². The maximum absolute atomic E-state index is 14.1. The molecule has 4 bridgehead atoms. The van der Waals surface area contributed by atoms with Crippen molar-refractivity contribution >= 4 is 35.2 Å². The summed E-state index contributed by atoms with van der Waals surface area (Å²) >= 11 is 0. The second-order valence-electron chi connectivity index (χ2n) is 14.3. The van der Waals surface area contributed by atoms with E-state index >= 15 is 0 Å². The Bertz CT molecular complexity index is 1880. The maximum Gasteiger partial charge on any atom is 0.245 e. The van der Waals surface area contributed by atoms with Gasteiger partial charge in [-0.25, -0.2) is 0 Å². The van der Waals surface area contributed by atoms with E-state index in [1.165, 1.54) is 37.2 Å². The molecule has 0 spiro atoms. The summed E-state index contributed by atoms with van der Waals surface area (Å²) in [5, 5.41) is 37.3. The molecular weight excluding hydrogens is 704 g/mol. The smallest absolute Gasteiger partial charge is 0.245 e. The summed E-state index contributed by atoms with van der Waals surface area (Å²) in [5.74, 6) is -3.86. The van der Waals surface area contributed by atoms with Gasteiger partial charge in [0.2, 0.25) is 23.6 Å². The Morgan fingerprint density at radius 3 is 2.18 bits per heavy atom. The zero-order valence-electron chi connectivity index (χ0n) is 32.1. The minimum Gasteiger partial charge on any atom is -0.507 e. The van der Waals surface area contributed by atoms with E-state index in [1.54, 1.807) is 32.0 Å². The molecule has 3 aromatic carbocycles. The number of amides is 4. The van der Waals surface area contributed by atoms with E-state index in [0.29, 0.717) is 24.0 Å². The molecule has 1 aliphatic heterocycles. The Balaban J connectivity index is 1.61. The number of aryl methyl sites for hydroxylation is 1. The van der Waals surface area contributed by atoms with Crippen molar-refractivity contribution in [2.24, 2.45) is 5.92 Å². The second kappa shape index (κ2) is 19.2. The number of aliphatic hydroxyl groups is 1. The molecule has 13 heteroatoms. The van der Waals surface area contributed by atoms with Crippen LogP contribution in [0.5, 0.6) is 11.5 Å². The molecule has 0 saturated heterocycles. The van der Waals surface area contributed by atoms with Crippen LogP contribution in [0.25, 0.3) is 11.1 Å². The van der Waals surface area contributed by atoms with Gasteiger partial charge in [-0.05, 0) is 67.1 Å². The van der Waals surface area contributed by atoms with E-state index in [4.69, 9.17) is 0 Å². The van der Waals surface area contributed by atoms with Gasteiger partial charge in [-0.3, -0.25) is 28.8 Å². The van der Waals surface area contributed by atoms with Crippen molar-refractivity contribution in [2.75, 3.05) is 20.7 Å². The summed E-state index contributed by atoms with van der Waals surface area (Å²) in [6, 6.07) is 14.9. The molecule has 13 nitrogen and oxygen atoms in total. The first-order valence-electron chi connectivity index (χ1n) is 18.6. The number of carbonyl (C=O) groups excluding carboxylic acids is 6. The molecule has 0 fully saturated rings. The van der Waals surface area contributed by atoms with Gasteiger partial charge in [0.1, 0.15) is 23.6 Å². The number of nitrogens with zero attached hydrogens (tertiary/aromatic N) is 2. The number of phenols is 2. The first-order chi connectivity index (χ1) is 26.1. The highest BCUT2D eigenvalue weighted by Crippen LogP contribution is 2.39. The van der Waals surface area contributed by atoms with Crippen LogP contribution in [-0.2, 0) is 41.6 Å². The lowest BCUT2D eigenvalue weighted by atomic mass is 9.90. The molecule has 55 heavy (non-hydrogen) atoms. The van der Waals surface area contributed by atoms with Crippen molar-refractivity contribution in [2.45, 2.75) is 89.9 Å². The molecule has 5 atom stereocenters. The molecule has 294 valence electrons. The normalized spacial score (nSPS) is 18.3. The minimum atomic E-state index is -1.22. The number of likely N-dealkylation sites (N-methyl/N-ethyl adjacent to an activating group) is 2. The number of Topliss-reactive ketones (excluding diaryl/α,β-unsaturated/α-hetero) is 2. The van der Waals surface area contributed by atoms with E-state index in [-0.39, 0.29) is 67.0 Å². The van der Waals surface area contributed by atoms with Crippen molar-refractivity contribution in [3.05, 3.63) is 83.4 Å². The fraction of sp³-hybridized carbons (Fsp3) is 0.429. The third-order valence-electron chi connectivity index (χ3n) is 10.2. The summed E-state index contributed by atoms with van der Waals surface area (Å²) < 4.78 is 0. The number of fused-ring (bicyclic) bond motifs is 5. The number of carbonyl (C=O) groups is 6. The van der Waals surface area contributed by atoms with Crippen LogP contribution >= 0.6 is 0 Å². The first kappa shape index (κ1) is 42.2. The molecule has 0 aliphatic carbocycles. The van der Waals surface area contributed by atoms with E-state index in [9.17, 15) is 44.1 Å². The fourth-order valence-corrected chi connectivity index (χ4v) is 6.85. The Morgan fingerprint density at radius 1 is 0.873 bits per heavy atom. The molecule has 4 amide bonds. The summed E-state index contributed by atoms with van der Waals surface area (Å²) in [5.41, 5.74) is 2.60. The average molecular weight is 757 g/mol. The van der Waals surface area contributed by atoms with Crippen molar-refractivity contribution in [3.8, 4) is 22.6 Å². The van der Waals surface area contributed by atoms with Crippen LogP contribution < -0.4 is 10.6 Å². The quantitative estimate of drug-likeness (QED) is 0.173. The predicted molar refractivity (Wildman–Crippen MR) is 206 cm³/mol. The minimum absolute atomic E-state index is 0.109. The molecule has 3 aromatic rings. The fourth-order valence-electron chi connectivity index (χ4n) is 6.85. The number of nitrogens with one attached hydrogen (secondary N) is 2. The van der Waals surface area contributed by atoms with Gasteiger partial charge in [-0.2, -0.15) is 0 Å². The van der Waals surface area contributed by atoms with Gasteiger partial charge in [-0.15, -0.1) is 0 Å². The standard InChI is InChI=1S/C42H52N4O9/c1-6-38(52)45(4)33(24-47)42(55)44-32(15-12-27-10-8-7-9-11-27)36(50)18-19-39(53)46(5)40-29-14-17-35(49)31(23-29)30-22-28(13-16-34(30)48)21-26(3)43-41(54)25(2)20-37(40)51/h7-11,13-14,16-17,22-23,25-26,32-33,40,47-49H,6,12,15,18-21,24H2,1-5H3,(H,43,54)(H,44,55)/t25-,26-,32-,33-,40+/m1/s1. The number of aliphatic hydroxyl groups excluding tert-OH is 1. The van der Waals surface area contributed by atoms with E-state index in [2.05, 4.69) is 10.6 Å². The molecule has 1 heterocycles. The summed E-state index contributed by atoms with van der Waals surface area (Å²) in [7, 11) is 2.83. The van der Waals surface area contributed by atoms with Crippen LogP contribution in [0.1, 0.15) is 75.6 Å². The largest absolute Gasteiger partial charge is 0.507 e. The highest BCUT2D eigenvalue weighted by atomic mass is 16.3. The van der Waals surface area contributed by atoms with Crippen LogP contribution in [0.15, 0.2) is 66.7 Å².